The van der Waals surface area contributed by atoms with E-state index < -0.39 is 0 Å². The van der Waals surface area contributed by atoms with E-state index in [9.17, 15) is 10.2 Å². The molecule has 1 aromatic carbocycles. The number of benzene rings is 1. The highest BCUT2D eigenvalue weighted by molar-refractivity contribution is 5.85. The summed E-state index contributed by atoms with van der Waals surface area (Å²) in [5.74, 6) is 0.462. The van der Waals surface area contributed by atoms with Gasteiger partial charge in [-0.2, -0.15) is 0 Å². The molecule has 0 unspecified atom stereocenters. The highest BCUT2D eigenvalue weighted by Crippen LogP contribution is 2.34. The molecule has 96 valence electrons. The molecule has 17 heavy (non-hydrogen) atoms. The summed E-state index contributed by atoms with van der Waals surface area (Å²) in [6.45, 7) is 1.47. The number of rotatable bonds is 2. The van der Waals surface area contributed by atoms with Crippen molar-refractivity contribution in [3.05, 3.63) is 23.8 Å². The van der Waals surface area contributed by atoms with E-state index in [4.69, 9.17) is 10.5 Å². The summed E-state index contributed by atoms with van der Waals surface area (Å²) in [4.78, 5) is 0. The van der Waals surface area contributed by atoms with Gasteiger partial charge in [-0.3, -0.25) is 0 Å². The zero-order valence-electron chi connectivity index (χ0n) is 9.50. The molecule has 1 fully saturated rings. The monoisotopic (exact) mass is 259 g/mol. The molecule has 1 heterocycles. The molecule has 1 saturated heterocycles. The fourth-order valence-electron chi connectivity index (χ4n) is 2.14. The average molecular weight is 260 g/mol. The number of aromatic hydroxyl groups is 2. The second-order valence-electron chi connectivity index (χ2n) is 4.22. The summed E-state index contributed by atoms with van der Waals surface area (Å²) >= 11 is 0. The molecule has 1 aliphatic heterocycles. The second-order valence-corrected chi connectivity index (χ2v) is 4.22. The SMILES string of the molecule is Cl.N[C@@H](c1ccc(O)cc1O)C1CCOCC1. The Morgan fingerprint density at radius 1 is 1.24 bits per heavy atom. The van der Waals surface area contributed by atoms with E-state index in [-0.39, 0.29) is 29.9 Å². The molecule has 0 radical (unpaired) electrons. The molecule has 0 amide bonds. The van der Waals surface area contributed by atoms with Gasteiger partial charge in [0.25, 0.3) is 0 Å². The molecule has 0 spiro atoms. The van der Waals surface area contributed by atoms with Gasteiger partial charge in [-0.05, 0) is 24.8 Å². The molecule has 0 aromatic heterocycles. The lowest BCUT2D eigenvalue weighted by molar-refractivity contribution is 0.0581. The van der Waals surface area contributed by atoms with Gasteiger partial charge in [-0.1, -0.05) is 6.07 Å². The van der Waals surface area contributed by atoms with Gasteiger partial charge >= 0.3 is 0 Å². The molecule has 0 aliphatic carbocycles. The first-order valence-corrected chi connectivity index (χ1v) is 5.53. The summed E-state index contributed by atoms with van der Waals surface area (Å²) in [6.07, 6.45) is 1.84. The van der Waals surface area contributed by atoms with Crippen LogP contribution in [0, 0.1) is 5.92 Å². The van der Waals surface area contributed by atoms with E-state index in [2.05, 4.69) is 0 Å². The zero-order chi connectivity index (χ0) is 11.5. The van der Waals surface area contributed by atoms with E-state index in [0.717, 1.165) is 26.1 Å². The minimum Gasteiger partial charge on any atom is -0.508 e. The van der Waals surface area contributed by atoms with Gasteiger partial charge in [-0.15, -0.1) is 12.4 Å². The number of phenolic OH excluding ortho intramolecular Hbond substituents is 2. The van der Waals surface area contributed by atoms with Gasteiger partial charge in [0.1, 0.15) is 11.5 Å². The fourth-order valence-corrected chi connectivity index (χ4v) is 2.14. The van der Waals surface area contributed by atoms with Crippen molar-refractivity contribution in [2.75, 3.05) is 13.2 Å². The van der Waals surface area contributed by atoms with Crippen molar-refractivity contribution in [3.63, 3.8) is 0 Å². The number of ether oxygens (including phenoxy) is 1. The quantitative estimate of drug-likeness (QED) is 0.759. The van der Waals surface area contributed by atoms with Crippen molar-refractivity contribution in [1.82, 2.24) is 0 Å². The first-order valence-electron chi connectivity index (χ1n) is 5.53. The Hall–Kier alpha value is -0.970. The third-order valence-corrected chi connectivity index (χ3v) is 3.15. The van der Waals surface area contributed by atoms with Crippen molar-refractivity contribution >= 4 is 12.4 Å². The summed E-state index contributed by atoms with van der Waals surface area (Å²) in [7, 11) is 0. The molecule has 4 N–H and O–H groups in total. The Morgan fingerprint density at radius 2 is 1.88 bits per heavy atom. The molecule has 1 atom stereocenters. The third-order valence-electron chi connectivity index (χ3n) is 3.15. The maximum absolute atomic E-state index is 9.72. The van der Waals surface area contributed by atoms with Crippen LogP contribution in [0.3, 0.4) is 0 Å². The smallest absolute Gasteiger partial charge is 0.124 e. The molecule has 2 rings (SSSR count). The molecule has 0 bridgehead atoms. The second kappa shape index (κ2) is 6.10. The van der Waals surface area contributed by atoms with Crippen LogP contribution in [0.15, 0.2) is 18.2 Å². The molecule has 0 saturated carbocycles. The predicted molar refractivity (Wildman–Crippen MR) is 67.5 cm³/mol. The van der Waals surface area contributed by atoms with Gasteiger partial charge in [0.2, 0.25) is 0 Å². The van der Waals surface area contributed by atoms with E-state index in [0.29, 0.717) is 11.5 Å². The first kappa shape index (κ1) is 14.1. The fraction of sp³-hybridized carbons (Fsp3) is 0.500. The number of halogens is 1. The minimum atomic E-state index is -0.190. The number of nitrogens with two attached hydrogens (primary N) is 1. The van der Waals surface area contributed by atoms with E-state index in [1.807, 2.05) is 0 Å². The largest absolute Gasteiger partial charge is 0.508 e. The lowest BCUT2D eigenvalue weighted by atomic mass is 9.87. The van der Waals surface area contributed by atoms with Crippen molar-refractivity contribution < 1.29 is 14.9 Å². The lowest BCUT2D eigenvalue weighted by Gasteiger charge is -2.28. The van der Waals surface area contributed by atoms with Crippen molar-refractivity contribution in [2.45, 2.75) is 18.9 Å². The van der Waals surface area contributed by atoms with Gasteiger partial charge in [0.15, 0.2) is 0 Å². The molecule has 4 nitrogen and oxygen atoms in total. The number of hydrogen-bond acceptors (Lipinski definition) is 4. The van der Waals surface area contributed by atoms with Crippen LogP contribution in [0.5, 0.6) is 11.5 Å². The van der Waals surface area contributed by atoms with Gasteiger partial charge < -0.3 is 20.7 Å². The van der Waals surface area contributed by atoms with Crippen molar-refractivity contribution in [2.24, 2.45) is 11.7 Å². The zero-order valence-corrected chi connectivity index (χ0v) is 10.3. The van der Waals surface area contributed by atoms with Crippen molar-refractivity contribution in [3.8, 4) is 11.5 Å². The molecular weight excluding hydrogens is 242 g/mol. The van der Waals surface area contributed by atoms with Crippen LogP contribution in [-0.2, 0) is 4.74 Å². The van der Waals surface area contributed by atoms with Crippen LogP contribution in [0.1, 0.15) is 24.4 Å². The van der Waals surface area contributed by atoms with Crippen LogP contribution in [0.2, 0.25) is 0 Å². The number of hydrogen-bond donors (Lipinski definition) is 3. The molecule has 5 heteroatoms. The van der Waals surface area contributed by atoms with Gasteiger partial charge in [-0.25, -0.2) is 0 Å². The third kappa shape index (κ3) is 3.25. The Labute approximate surface area is 107 Å². The van der Waals surface area contributed by atoms with Crippen molar-refractivity contribution in [1.29, 1.82) is 0 Å². The van der Waals surface area contributed by atoms with E-state index in [1.165, 1.54) is 6.07 Å². The summed E-state index contributed by atoms with van der Waals surface area (Å²) in [5, 5.41) is 18.9. The summed E-state index contributed by atoms with van der Waals surface area (Å²) in [6, 6.07) is 4.37. The van der Waals surface area contributed by atoms with Crippen LogP contribution < -0.4 is 5.73 Å². The van der Waals surface area contributed by atoms with Crippen LogP contribution in [0.4, 0.5) is 0 Å². The number of phenols is 2. The Bertz CT molecular complexity index is 367. The molecular formula is C12H18ClNO3. The van der Waals surface area contributed by atoms with E-state index in [1.54, 1.807) is 12.1 Å². The lowest BCUT2D eigenvalue weighted by Crippen LogP contribution is -2.27. The maximum Gasteiger partial charge on any atom is 0.124 e. The van der Waals surface area contributed by atoms with Crippen LogP contribution >= 0.6 is 12.4 Å². The summed E-state index contributed by atoms with van der Waals surface area (Å²) in [5.41, 5.74) is 6.82. The normalized spacial score (nSPS) is 18.4. The average Bonchev–Trinajstić information content (AvgIpc) is 2.29. The van der Waals surface area contributed by atoms with Gasteiger partial charge in [0.05, 0.1) is 0 Å². The molecule has 1 aliphatic rings. The van der Waals surface area contributed by atoms with Gasteiger partial charge in [0, 0.05) is 30.9 Å². The topological polar surface area (TPSA) is 75.7 Å². The summed E-state index contributed by atoms with van der Waals surface area (Å²) < 4.78 is 5.28. The Morgan fingerprint density at radius 3 is 2.47 bits per heavy atom. The Balaban J connectivity index is 0.00000144. The highest BCUT2D eigenvalue weighted by Gasteiger charge is 2.24. The maximum atomic E-state index is 9.72. The standard InChI is InChI=1S/C12H17NO3.ClH/c13-12(8-3-5-16-6-4-8)10-2-1-9(14)7-11(10)15;/h1-2,7-8,12,14-15H,3-6,13H2;1H/t12-;/m1./s1. The molecule has 1 aromatic rings. The van der Waals surface area contributed by atoms with Crippen LogP contribution in [0.25, 0.3) is 0 Å². The predicted octanol–water partition coefficient (Wildman–Crippen LogP) is 1.95. The highest BCUT2D eigenvalue weighted by atomic mass is 35.5. The van der Waals surface area contributed by atoms with E-state index >= 15 is 0 Å². The van der Waals surface area contributed by atoms with Crippen LogP contribution in [-0.4, -0.2) is 23.4 Å². The minimum absolute atomic E-state index is 0. The Kier molecular flexibility index (Phi) is 5.05. The first-order chi connectivity index (χ1) is 7.68.